The minimum atomic E-state index is -0.481. The van der Waals surface area contributed by atoms with Gasteiger partial charge in [0.1, 0.15) is 6.73 Å². The average molecular weight is 299 g/mol. The van der Waals surface area contributed by atoms with Crippen molar-refractivity contribution < 1.29 is 19.5 Å². The number of carbonyl (C=O) groups is 3. The zero-order valence-electron chi connectivity index (χ0n) is 12.6. The highest BCUT2D eigenvalue weighted by atomic mass is 16.3. The molecular formula is C14H25N3O4. The van der Waals surface area contributed by atoms with E-state index in [0.717, 1.165) is 12.2 Å². The SMILES string of the molecule is C=C(C)C(N)=O.C=CC.C=CC(=O)NCO.C=CC(N)=O. The van der Waals surface area contributed by atoms with Crippen molar-refractivity contribution in [1.82, 2.24) is 5.32 Å². The highest BCUT2D eigenvalue weighted by molar-refractivity contribution is 5.90. The Balaban J connectivity index is -0.0000000955. The maximum Gasteiger partial charge on any atom is 0.245 e. The Hall–Kier alpha value is -2.67. The van der Waals surface area contributed by atoms with Gasteiger partial charge in [0, 0.05) is 5.57 Å². The molecule has 3 amide bonds. The van der Waals surface area contributed by atoms with E-state index in [-0.39, 0.29) is 12.6 Å². The number of nitrogens with one attached hydrogen (secondary N) is 1. The van der Waals surface area contributed by atoms with Crippen LogP contribution in [-0.2, 0) is 14.4 Å². The van der Waals surface area contributed by atoms with Crippen molar-refractivity contribution >= 4 is 17.7 Å². The zero-order valence-corrected chi connectivity index (χ0v) is 12.6. The minimum absolute atomic E-state index is 0.329. The van der Waals surface area contributed by atoms with E-state index in [9.17, 15) is 14.4 Å². The second-order valence-electron chi connectivity index (χ2n) is 3.06. The lowest BCUT2D eigenvalue weighted by atomic mass is 10.3. The van der Waals surface area contributed by atoms with Gasteiger partial charge in [0.05, 0.1) is 0 Å². The van der Waals surface area contributed by atoms with Gasteiger partial charge < -0.3 is 21.9 Å². The number of allylic oxidation sites excluding steroid dienone is 1. The number of aliphatic hydroxyl groups excluding tert-OH is 1. The first kappa shape index (κ1) is 26.8. The van der Waals surface area contributed by atoms with Crippen molar-refractivity contribution in [3.8, 4) is 0 Å². The highest BCUT2D eigenvalue weighted by Crippen LogP contribution is 1.78. The van der Waals surface area contributed by atoms with Gasteiger partial charge in [0.25, 0.3) is 0 Å². The quantitative estimate of drug-likeness (QED) is 0.333. The fourth-order valence-corrected chi connectivity index (χ4v) is 0.150. The Bertz CT molecular complexity index is 351. The van der Waals surface area contributed by atoms with Crippen LogP contribution < -0.4 is 16.8 Å². The molecule has 0 aliphatic heterocycles. The van der Waals surface area contributed by atoms with E-state index in [4.69, 9.17) is 10.8 Å². The van der Waals surface area contributed by atoms with Crippen LogP contribution in [0.15, 0.2) is 50.1 Å². The molecule has 0 spiro atoms. The van der Waals surface area contributed by atoms with Gasteiger partial charge in [0.2, 0.25) is 17.7 Å². The number of carbonyl (C=O) groups excluding carboxylic acids is 3. The number of amides is 3. The fraction of sp³-hybridized carbons (Fsp3) is 0.214. The second-order valence-corrected chi connectivity index (χ2v) is 3.06. The van der Waals surface area contributed by atoms with Crippen molar-refractivity contribution in [1.29, 1.82) is 0 Å². The van der Waals surface area contributed by atoms with E-state index < -0.39 is 11.8 Å². The van der Waals surface area contributed by atoms with Gasteiger partial charge in [-0.3, -0.25) is 14.4 Å². The predicted octanol–water partition coefficient (Wildman–Crippen LogP) is 0.136. The van der Waals surface area contributed by atoms with Crippen LogP contribution in [0.4, 0.5) is 0 Å². The third-order valence-electron chi connectivity index (χ3n) is 1.06. The maximum atomic E-state index is 10.0. The molecule has 0 radical (unpaired) electrons. The van der Waals surface area contributed by atoms with Crippen LogP contribution >= 0.6 is 0 Å². The summed E-state index contributed by atoms with van der Waals surface area (Å²) in [6.07, 6.45) is 3.90. The molecule has 0 saturated carbocycles. The molecule has 0 rings (SSSR count). The summed E-state index contributed by atoms with van der Waals surface area (Å²) in [5, 5.41) is 10.1. The lowest BCUT2D eigenvalue weighted by Crippen LogP contribution is -2.20. The van der Waals surface area contributed by atoms with Crippen molar-refractivity contribution in [2.24, 2.45) is 11.5 Å². The van der Waals surface area contributed by atoms with Gasteiger partial charge in [-0.25, -0.2) is 0 Å². The first-order valence-corrected chi connectivity index (χ1v) is 5.59. The van der Waals surface area contributed by atoms with Crippen molar-refractivity contribution in [2.45, 2.75) is 13.8 Å². The molecule has 0 fully saturated rings. The molecular weight excluding hydrogens is 274 g/mol. The number of hydrogen-bond donors (Lipinski definition) is 4. The molecule has 0 aliphatic rings. The molecule has 0 unspecified atom stereocenters. The molecule has 7 nitrogen and oxygen atoms in total. The Morgan fingerprint density at radius 1 is 1.14 bits per heavy atom. The molecule has 21 heavy (non-hydrogen) atoms. The number of hydrogen-bond acceptors (Lipinski definition) is 4. The summed E-state index contributed by atoms with van der Waals surface area (Å²) in [6.45, 7) is 16.0. The summed E-state index contributed by atoms with van der Waals surface area (Å²) < 4.78 is 0. The summed E-state index contributed by atoms with van der Waals surface area (Å²) in [5.41, 5.74) is 9.63. The van der Waals surface area contributed by atoms with Crippen LogP contribution in [0.2, 0.25) is 0 Å². The molecule has 0 aliphatic carbocycles. The van der Waals surface area contributed by atoms with E-state index in [2.05, 4.69) is 37.4 Å². The molecule has 0 saturated heterocycles. The minimum Gasteiger partial charge on any atom is -0.376 e. The second kappa shape index (κ2) is 22.5. The Morgan fingerprint density at radius 2 is 1.43 bits per heavy atom. The largest absolute Gasteiger partial charge is 0.376 e. The van der Waals surface area contributed by atoms with Crippen LogP contribution in [0.3, 0.4) is 0 Å². The third kappa shape index (κ3) is 58.7. The molecule has 0 aromatic carbocycles. The molecule has 7 heteroatoms. The number of rotatable bonds is 4. The fourth-order valence-electron chi connectivity index (χ4n) is 0.150. The summed E-state index contributed by atoms with van der Waals surface area (Å²) in [7, 11) is 0. The monoisotopic (exact) mass is 299 g/mol. The number of aliphatic hydroxyl groups is 1. The Kier molecular flexibility index (Phi) is 28.7. The van der Waals surface area contributed by atoms with Crippen LogP contribution in [-0.4, -0.2) is 29.6 Å². The molecule has 6 N–H and O–H groups in total. The molecule has 0 heterocycles. The van der Waals surface area contributed by atoms with Gasteiger partial charge in [0.15, 0.2) is 0 Å². The zero-order chi connectivity index (χ0) is 17.8. The van der Waals surface area contributed by atoms with Gasteiger partial charge in [-0.05, 0) is 26.0 Å². The topological polar surface area (TPSA) is 136 Å². The number of primary amides is 2. The van der Waals surface area contributed by atoms with Crippen LogP contribution in [0.1, 0.15) is 13.8 Å². The Morgan fingerprint density at radius 3 is 1.48 bits per heavy atom. The predicted molar refractivity (Wildman–Crippen MR) is 84.7 cm³/mol. The van der Waals surface area contributed by atoms with Gasteiger partial charge in [-0.1, -0.05) is 25.8 Å². The molecule has 0 atom stereocenters. The van der Waals surface area contributed by atoms with Crippen LogP contribution in [0.25, 0.3) is 0 Å². The van der Waals surface area contributed by atoms with Crippen molar-refractivity contribution in [3.63, 3.8) is 0 Å². The normalized spacial score (nSPS) is 6.81. The molecule has 0 aromatic heterocycles. The summed E-state index contributed by atoms with van der Waals surface area (Å²) >= 11 is 0. The van der Waals surface area contributed by atoms with Gasteiger partial charge in [-0.2, -0.15) is 0 Å². The highest BCUT2D eigenvalue weighted by Gasteiger charge is 1.86. The smallest absolute Gasteiger partial charge is 0.245 e. The standard InChI is InChI=1S/C4H7NO2.C4H7NO.C3H5NO.C3H6/c1-2-4(7)5-3-6;1-3(2)4(5)6;1-2-3(4)5;1-3-2/h2,6H,1,3H2,(H,5,7);1H2,2H3,(H2,5,6);2H,1H2,(H2,4,5);3H,1H2,2H3. The Labute approximate surface area is 125 Å². The first-order chi connectivity index (χ1) is 9.64. The van der Waals surface area contributed by atoms with E-state index in [1.54, 1.807) is 13.0 Å². The van der Waals surface area contributed by atoms with E-state index in [1.165, 1.54) is 0 Å². The van der Waals surface area contributed by atoms with Crippen LogP contribution in [0, 0.1) is 0 Å². The molecule has 0 bridgehead atoms. The van der Waals surface area contributed by atoms with Crippen LogP contribution in [0.5, 0.6) is 0 Å². The van der Waals surface area contributed by atoms with E-state index in [0.29, 0.717) is 5.57 Å². The summed E-state index contributed by atoms with van der Waals surface area (Å²) in [5.74, 6) is -1.28. The van der Waals surface area contributed by atoms with E-state index >= 15 is 0 Å². The first-order valence-electron chi connectivity index (χ1n) is 5.59. The van der Waals surface area contributed by atoms with Crippen molar-refractivity contribution in [2.75, 3.05) is 6.73 Å². The lowest BCUT2D eigenvalue weighted by molar-refractivity contribution is -0.117. The van der Waals surface area contributed by atoms with Gasteiger partial charge >= 0.3 is 0 Å². The lowest BCUT2D eigenvalue weighted by Gasteiger charge is -1.89. The summed E-state index contributed by atoms with van der Waals surface area (Å²) in [4.78, 5) is 29.3. The maximum absolute atomic E-state index is 10.0. The average Bonchev–Trinajstić information content (AvgIpc) is 2.41. The molecule has 0 aromatic rings. The number of nitrogens with two attached hydrogens (primary N) is 2. The third-order valence-corrected chi connectivity index (χ3v) is 1.06. The van der Waals surface area contributed by atoms with Crippen molar-refractivity contribution in [3.05, 3.63) is 50.1 Å². The summed E-state index contributed by atoms with van der Waals surface area (Å²) in [6, 6.07) is 0. The van der Waals surface area contributed by atoms with E-state index in [1.807, 2.05) is 6.92 Å². The molecule has 120 valence electrons. The van der Waals surface area contributed by atoms with Gasteiger partial charge in [-0.15, -0.1) is 6.58 Å².